The Hall–Kier alpha value is -2.42. The summed E-state index contributed by atoms with van der Waals surface area (Å²) in [5.41, 5.74) is -2.45. The zero-order chi connectivity index (χ0) is 19.5. The Balaban J connectivity index is 2.09. The Bertz CT molecular complexity index is 804. The molecule has 26 heavy (non-hydrogen) atoms. The van der Waals surface area contributed by atoms with E-state index in [0.29, 0.717) is 6.07 Å². The zero-order valence-electron chi connectivity index (χ0n) is 12.8. The Morgan fingerprint density at radius 1 is 0.962 bits per heavy atom. The molecule has 0 saturated heterocycles. The zero-order valence-corrected chi connectivity index (χ0v) is 13.6. The lowest BCUT2D eigenvalue weighted by atomic mass is 10.1. The van der Waals surface area contributed by atoms with Crippen molar-refractivity contribution in [2.24, 2.45) is 0 Å². The summed E-state index contributed by atoms with van der Waals surface area (Å²) >= 11 is 5.73. The molecule has 2 aromatic rings. The van der Waals surface area contributed by atoms with Gasteiger partial charge in [-0.3, -0.25) is 0 Å². The average molecular weight is 397 g/mol. The number of rotatable bonds is 3. The fourth-order valence-electron chi connectivity index (χ4n) is 2.09. The lowest BCUT2D eigenvalue weighted by Crippen LogP contribution is -2.29. The number of amides is 2. The SMILES string of the molecule is O=C(NCc1ccccc1C(F)(F)F)Nc1cc(C(F)(F)F)ccc1Cl. The highest BCUT2D eigenvalue weighted by molar-refractivity contribution is 6.33. The molecule has 0 aliphatic carbocycles. The van der Waals surface area contributed by atoms with Gasteiger partial charge in [-0.25, -0.2) is 4.79 Å². The number of halogens is 7. The highest BCUT2D eigenvalue weighted by Gasteiger charge is 2.33. The molecule has 0 aliphatic heterocycles. The summed E-state index contributed by atoms with van der Waals surface area (Å²) in [5, 5.41) is 4.09. The summed E-state index contributed by atoms with van der Waals surface area (Å²) in [7, 11) is 0. The lowest BCUT2D eigenvalue weighted by molar-refractivity contribution is -0.138. The number of urea groups is 1. The molecule has 2 N–H and O–H groups in total. The van der Waals surface area contributed by atoms with Gasteiger partial charge in [-0.05, 0) is 29.8 Å². The van der Waals surface area contributed by atoms with E-state index in [4.69, 9.17) is 11.6 Å². The van der Waals surface area contributed by atoms with Crippen molar-refractivity contribution >= 4 is 23.3 Å². The topological polar surface area (TPSA) is 41.1 Å². The molecule has 0 aliphatic rings. The first-order chi connectivity index (χ1) is 12.0. The van der Waals surface area contributed by atoms with Crippen LogP contribution in [-0.2, 0) is 18.9 Å². The summed E-state index contributed by atoms with van der Waals surface area (Å²) in [6, 6.07) is 5.94. The molecule has 0 radical (unpaired) electrons. The van der Waals surface area contributed by atoms with Crippen LogP contribution in [0, 0.1) is 0 Å². The Morgan fingerprint density at radius 2 is 1.62 bits per heavy atom. The molecule has 2 aromatic carbocycles. The smallest absolute Gasteiger partial charge is 0.334 e. The molecule has 0 heterocycles. The molecule has 10 heteroatoms. The first-order valence-electron chi connectivity index (χ1n) is 7.05. The van der Waals surface area contributed by atoms with Crippen molar-refractivity contribution in [1.29, 1.82) is 0 Å². The van der Waals surface area contributed by atoms with E-state index in [1.165, 1.54) is 18.2 Å². The van der Waals surface area contributed by atoms with Gasteiger partial charge in [0.25, 0.3) is 0 Å². The van der Waals surface area contributed by atoms with Crippen molar-refractivity contribution in [2.45, 2.75) is 18.9 Å². The molecule has 140 valence electrons. The maximum absolute atomic E-state index is 12.9. The first kappa shape index (κ1) is 19.9. The molecule has 0 bridgehead atoms. The van der Waals surface area contributed by atoms with Gasteiger partial charge in [-0.1, -0.05) is 29.8 Å². The van der Waals surface area contributed by atoms with Crippen LogP contribution in [0.5, 0.6) is 0 Å². The molecular weight excluding hydrogens is 386 g/mol. The molecule has 0 unspecified atom stereocenters. The number of alkyl halides is 6. The predicted molar refractivity (Wildman–Crippen MR) is 83.8 cm³/mol. The van der Waals surface area contributed by atoms with Gasteiger partial charge < -0.3 is 10.6 Å². The van der Waals surface area contributed by atoms with Crippen LogP contribution in [-0.4, -0.2) is 6.03 Å². The van der Waals surface area contributed by atoms with E-state index >= 15 is 0 Å². The largest absolute Gasteiger partial charge is 0.416 e. The third-order valence-corrected chi connectivity index (χ3v) is 3.63. The minimum absolute atomic E-state index is 0.149. The summed E-state index contributed by atoms with van der Waals surface area (Å²) in [6.45, 7) is -0.474. The fraction of sp³-hybridized carbons (Fsp3) is 0.188. The fourth-order valence-corrected chi connectivity index (χ4v) is 2.26. The van der Waals surface area contributed by atoms with Gasteiger partial charge in [0.05, 0.1) is 21.8 Å². The van der Waals surface area contributed by atoms with E-state index in [1.807, 2.05) is 0 Å². The van der Waals surface area contributed by atoms with Crippen LogP contribution in [0.1, 0.15) is 16.7 Å². The van der Waals surface area contributed by atoms with Gasteiger partial charge in [-0.15, -0.1) is 0 Å². The Labute approximate surface area is 149 Å². The number of carbonyl (C=O) groups is 1. The van der Waals surface area contributed by atoms with Gasteiger partial charge in [0, 0.05) is 6.54 Å². The molecular formula is C16H11ClF6N2O. The van der Waals surface area contributed by atoms with E-state index in [9.17, 15) is 31.1 Å². The molecule has 0 atom stereocenters. The maximum Gasteiger partial charge on any atom is 0.416 e. The molecule has 3 nitrogen and oxygen atoms in total. The predicted octanol–water partition coefficient (Wildman–Crippen LogP) is 5.70. The molecule has 0 aromatic heterocycles. The van der Waals surface area contributed by atoms with Crippen LogP contribution in [0.2, 0.25) is 5.02 Å². The van der Waals surface area contributed by atoms with E-state index in [-0.39, 0.29) is 16.3 Å². The number of benzene rings is 2. The maximum atomic E-state index is 12.9. The van der Waals surface area contributed by atoms with Gasteiger partial charge in [-0.2, -0.15) is 26.3 Å². The standard InChI is InChI=1S/C16H11ClF6N2O/c17-12-6-5-10(15(18,19)20)7-13(12)25-14(26)24-8-9-3-1-2-4-11(9)16(21,22)23/h1-7H,8H2,(H2,24,25,26). The van der Waals surface area contributed by atoms with Crippen LogP contribution >= 0.6 is 11.6 Å². The van der Waals surface area contributed by atoms with Crippen molar-refractivity contribution in [3.05, 3.63) is 64.2 Å². The van der Waals surface area contributed by atoms with E-state index < -0.39 is 36.1 Å². The second-order valence-electron chi connectivity index (χ2n) is 5.15. The van der Waals surface area contributed by atoms with Crippen LogP contribution in [0.3, 0.4) is 0 Å². The van der Waals surface area contributed by atoms with Gasteiger partial charge in [0.2, 0.25) is 0 Å². The van der Waals surface area contributed by atoms with Crippen molar-refractivity contribution in [3.8, 4) is 0 Å². The third kappa shape index (κ3) is 5.04. The van der Waals surface area contributed by atoms with Crippen molar-refractivity contribution in [2.75, 3.05) is 5.32 Å². The number of anilines is 1. The molecule has 2 amide bonds. The first-order valence-corrected chi connectivity index (χ1v) is 7.43. The molecule has 0 saturated carbocycles. The Kier molecular flexibility index (Phi) is 5.70. The third-order valence-electron chi connectivity index (χ3n) is 3.30. The van der Waals surface area contributed by atoms with Crippen molar-refractivity contribution < 1.29 is 31.1 Å². The Morgan fingerprint density at radius 3 is 2.23 bits per heavy atom. The van der Waals surface area contributed by atoms with Crippen LogP contribution in [0.15, 0.2) is 42.5 Å². The quantitative estimate of drug-likeness (QED) is 0.642. The molecule has 0 spiro atoms. The summed E-state index contributed by atoms with van der Waals surface area (Å²) in [4.78, 5) is 11.8. The highest BCUT2D eigenvalue weighted by atomic mass is 35.5. The molecule has 2 rings (SSSR count). The molecule has 0 fully saturated rings. The second kappa shape index (κ2) is 7.45. The number of carbonyl (C=O) groups excluding carboxylic acids is 1. The van der Waals surface area contributed by atoms with Crippen LogP contribution in [0.25, 0.3) is 0 Å². The monoisotopic (exact) mass is 396 g/mol. The van der Waals surface area contributed by atoms with Gasteiger partial charge >= 0.3 is 18.4 Å². The van der Waals surface area contributed by atoms with Gasteiger partial charge in [0.1, 0.15) is 0 Å². The minimum Gasteiger partial charge on any atom is -0.334 e. The number of hydrogen-bond acceptors (Lipinski definition) is 1. The normalized spacial score (nSPS) is 12.0. The van der Waals surface area contributed by atoms with Gasteiger partial charge in [0.15, 0.2) is 0 Å². The summed E-state index contributed by atoms with van der Waals surface area (Å²) in [6.07, 6.45) is -9.23. The van der Waals surface area contributed by atoms with E-state index in [1.54, 1.807) is 0 Å². The average Bonchev–Trinajstić information content (AvgIpc) is 2.53. The van der Waals surface area contributed by atoms with Crippen molar-refractivity contribution in [1.82, 2.24) is 5.32 Å². The summed E-state index contributed by atoms with van der Waals surface area (Å²) in [5.74, 6) is 0. The number of hydrogen-bond donors (Lipinski definition) is 2. The van der Waals surface area contributed by atoms with E-state index in [2.05, 4.69) is 10.6 Å². The van der Waals surface area contributed by atoms with Crippen LogP contribution in [0.4, 0.5) is 36.8 Å². The number of nitrogens with one attached hydrogen (secondary N) is 2. The van der Waals surface area contributed by atoms with Crippen LogP contribution < -0.4 is 10.6 Å². The minimum atomic E-state index is -4.64. The lowest BCUT2D eigenvalue weighted by Gasteiger charge is -2.14. The van der Waals surface area contributed by atoms with E-state index in [0.717, 1.165) is 18.2 Å². The van der Waals surface area contributed by atoms with Crippen molar-refractivity contribution in [3.63, 3.8) is 0 Å². The second-order valence-corrected chi connectivity index (χ2v) is 5.56. The summed E-state index contributed by atoms with van der Waals surface area (Å²) < 4.78 is 76.7. The highest BCUT2D eigenvalue weighted by Crippen LogP contribution is 2.34.